The van der Waals surface area contributed by atoms with Crippen LogP contribution in [0.1, 0.15) is 65.4 Å². The van der Waals surface area contributed by atoms with Gasteiger partial charge < -0.3 is 19.7 Å². The molecule has 9 heteroatoms. The van der Waals surface area contributed by atoms with E-state index in [9.17, 15) is 14.9 Å². The number of nitro benzene ring substituents is 1. The van der Waals surface area contributed by atoms with E-state index >= 15 is 0 Å². The number of hydrogen-bond acceptors (Lipinski definition) is 6. The molecule has 0 bridgehead atoms. The van der Waals surface area contributed by atoms with Crippen LogP contribution in [0.25, 0.3) is 0 Å². The molecule has 2 rings (SSSR count). The predicted octanol–water partition coefficient (Wildman–Crippen LogP) is 5.91. The number of unbranched alkanes of at least 4 members (excludes halogenated alkanes) is 1. The Labute approximate surface area is 198 Å². The lowest BCUT2D eigenvalue weighted by atomic mass is 10.1. The third-order valence-electron chi connectivity index (χ3n) is 5.01. The molecule has 0 aromatic heterocycles. The van der Waals surface area contributed by atoms with E-state index in [0.29, 0.717) is 35.6 Å². The summed E-state index contributed by atoms with van der Waals surface area (Å²) < 4.78 is 12.0. The van der Waals surface area contributed by atoms with Gasteiger partial charge in [0.1, 0.15) is 17.0 Å². The summed E-state index contributed by atoms with van der Waals surface area (Å²) >= 11 is 2.21. The van der Waals surface area contributed by atoms with Gasteiger partial charge in [0, 0.05) is 35.2 Å². The lowest BCUT2D eigenvalue weighted by Crippen LogP contribution is -2.42. The van der Waals surface area contributed by atoms with Crippen molar-refractivity contribution in [2.45, 2.75) is 75.9 Å². The summed E-state index contributed by atoms with van der Waals surface area (Å²) in [6.07, 6.45) is 4.21. The monoisotopic (exact) mass is 547 g/mol. The van der Waals surface area contributed by atoms with Crippen molar-refractivity contribution in [2.24, 2.45) is 0 Å². The van der Waals surface area contributed by atoms with Crippen molar-refractivity contribution in [3.8, 4) is 5.75 Å². The number of likely N-dealkylation sites (tertiary alicyclic amines) is 1. The summed E-state index contributed by atoms with van der Waals surface area (Å²) in [5.74, 6) is 0.675. The maximum Gasteiger partial charge on any atom is 0.410 e. The van der Waals surface area contributed by atoms with Gasteiger partial charge in [-0.1, -0.05) is 35.9 Å². The maximum absolute atomic E-state index is 12.6. The van der Waals surface area contributed by atoms with Gasteiger partial charge in [0.2, 0.25) is 0 Å². The molecule has 1 aromatic rings. The summed E-state index contributed by atoms with van der Waals surface area (Å²) in [6, 6.07) is 3.08. The van der Waals surface area contributed by atoms with Gasteiger partial charge in [-0.15, -0.1) is 0 Å². The number of amides is 1. The number of nitro groups is 1. The first-order valence-electron chi connectivity index (χ1n) is 10.9. The minimum Gasteiger partial charge on any atom is -0.493 e. The zero-order chi connectivity index (χ0) is 23.0. The van der Waals surface area contributed by atoms with Crippen LogP contribution in [0.3, 0.4) is 0 Å². The quantitative estimate of drug-likeness (QED) is 0.143. The van der Waals surface area contributed by atoms with Gasteiger partial charge >= 0.3 is 6.09 Å². The summed E-state index contributed by atoms with van der Waals surface area (Å²) in [5, 5.41) is 15.1. The number of anilines is 1. The Kier molecular flexibility index (Phi) is 9.64. The third-order valence-corrected chi connectivity index (χ3v) is 5.77. The lowest BCUT2D eigenvalue weighted by Gasteiger charge is -2.29. The molecule has 1 aliphatic heterocycles. The third kappa shape index (κ3) is 7.69. The Morgan fingerprint density at radius 1 is 1.35 bits per heavy atom. The Hall–Kier alpha value is -1.78. The number of nitrogens with one attached hydrogen (secondary N) is 1. The first-order valence-corrected chi connectivity index (χ1v) is 12.4. The summed E-state index contributed by atoms with van der Waals surface area (Å²) in [6.45, 7) is 9.26. The van der Waals surface area contributed by atoms with E-state index in [2.05, 4.69) is 34.8 Å². The van der Waals surface area contributed by atoms with Crippen molar-refractivity contribution >= 4 is 40.1 Å². The van der Waals surface area contributed by atoms with Crippen molar-refractivity contribution in [3.63, 3.8) is 0 Å². The molecule has 0 unspecified atom stereocenters. The maximum atomic E-state index is 12.6. The highest BCUT2D eigenvalue weighted by Crippen LogP contribution is 2.38. The van der Waals surface area contributed by atoms with E-state index in [0.717, 1.165) is 37.7 Å². The number of nitrogens with zero attached hydrogens (tertiary/aromatic N) is 2. The topological polar surface area (TPSA) is 93.9 Å². The fourth-order valence-electron chi connectivity index (χ4n) is 3.48. The van der Waals surface area contributed by atoms with E-state index in [-0.39, 0.29) is 22.7 Å². The van der Waals surface area contributed by atoms with Crippen LogP contribution in [0.4, 0.5) is 16.2 Å². The van der Waals surface area contributed by atoms with Crippen LogP contribution in [0, 0.1) is 10.1 Å². The van der Waals surface area contributed by atoms with Crippen molar-refractivity contribution in [1.29, 1.82) is 0 Å². The number of benzene rings is 1. The van der Waals surface area contributed by atoms with Gasteiger partial charge in [-0.3, -0.25) is 10.1 Å². The first kappa shape index (κ1) is 25.5. The Bertz CT molecular complexity index is 766. The van der Waals surface area contributed by atoms with Crippen molar-refractivity contribution in [2.75, 3.05) is 25.0 Å². The minimum atomic E-state index is -0.566. The second kappa shape index (κ2) is 11.7. The molecule has 1 aromatic carbocycles. The SMILES string of the molecule is CCCCOc1ccc([N+](=O)[O-])c(N[C@@H]2CCCCN(C(=O)OC(C)(C)C)C2)c1CI. The van der Waals surface area contributed by atoms with Gasteiger partial charge in [-0.2, -0.15) is 0 Å². The standard InChI is InChI=1S/C22H34IN3O5/c1-5-6-13-30-19-11-10-18(26(28)29)20(17(19)14-23)24-16-9-7-8-12-25(15-16)21(27)31-22(2,3)4/h10-11,16,24H,5-9,12-15H2,1-4H3/t16-/m1/s1. The van der Waals surface area contributed by atoms with Crippen molar-refractivity contribution in [3.05, 3.63) is 27.8 Å². The van der Waals surface area contributed by atoms with Crippen molar-refractivity contribution < 1.29 is 19.2 Å². The molecule has 0 aliphatic carbocycles. The molecule has 1 amide bonds. The molecule has 0 spiro atoms. The number of alkyl halides is 1. The van der Waals surface area contributed by atoms with Crippen molar-refractivity contribution in [1.82, 2.24) is 4.90 Å². The number of carbonyl (C=O) groups is 1. The number of halogens is 1. The molecule has 8 nitrogen and oxygen atoms in total. The molecule has 174 valence electrons. The van der Waals surface area contributed by atoms with E-state index in [1.165, 1.54) is 6.07 Å². The first-order chi connectivity index (χ1) is 14.7. The number of hydrogen-bond donors (Lipinski definition) is 1. The minimum absolute atomic E-state index is 0.0302. The zero-order valence-electron chi connectivity index (χ0n) is 18.9. The second-order valence-electron chi connectivity index (χ2n) is 8.79. The van der Waals surface area contributed by atoms with Gasteiger partial charge in [0.25, 0.3) is 5.69 Å². The molecule has 1 N–H and O–H groups in total. The van der Waals surface area contributed by atoms with Gasteiger partial charge in [-0.25, -0.2) is 4.79 Å². The Morgan fingerprint density at radius 3 is 2.71 bits per heavy atom. The zero-order valence-corrected chi connectivity index (χ0v) is 21.1. The molecule has 1 fully saturated rings. The molecule has 0 saturated carbocycles. The Balaban J connectivity index is 2.28. The largest absolute Gasteiger partial charge is 0.493 e. The molecule has 31 heavy (non-hydrogen) atoms. The van der Waals surface area contributed by atoms with Gasteiger partial charge in [0.15, 0.2) is 0 Å². The molecule has 1 atom stereocenters. The summed E-state index contributed by atoms with van der Waals surface area (Å²) in [5.41, 5.74) is 0.745. The lowest BCUT2D eigenvalue weighted by molar-refractivity contribution is -0.384. The highest BCUT2D eigenvalue weighted by molar-refractivity contribution is 14.1. The van der Waals surface area contributed by atoms with Gasteiger partial charge in [-0.05, 0) is 52.5 Å². The molecular weight excluding hydrogens is 513 g/mol. The van der Waals surface area contributed by atoms with E-state index < -0.39 is 5.60 Å². The van der Waals surface area contributed by atoms with Crippen LogP contribution < -0.4 is 10.1 Å². The van der Waals surface area contributed by atoms with Crippen LogP contribution in [0.15, 0.2) is 12.1 Å². The van der Waals surface area contributed by atoms with Crippen LogP contribution >= 0.6 is 22.6 Å². The van der Waals surface area contributed by atoms with E-state index in [1.54, 1.807) is 11.0 Å². The normalized spacial score (nSPS) is 17.1. The van der Waals surface area contributed by atoms with Crippen LogP contribution in [-0.4, -0.2) is 47.3 Å². The summed E-state index contributed by atoms with van der Waals surface area (Å²) in [7, 11) is 0. The average molecular weight is 547 g/mol. The molecular formula is C22H34IN3O5. The average Bonchev–Trinajstić information content (AvgIpc) is 2.92. The number of carbonyl (C=O) groups excluding carboxylic acids is 1. The van der Waals surface area contributed by atoms with Crippen LogP contribution in [0.2, 0.25) is 0 Å². The molecule has 0 radical (unpaired) electrons. The Morgan fingerprint density at radius 2 is 2.10 bits per heavy atom. The summed E-state index contributed by atoms with van der Waals surface area (Å²) in [4.78, 5) is 25.7. The highest BCUT2D eigenvalue weighted by atomic mass is 127. The molecule has 1 aliphatic rings. The molecule has 1 saturated heterocycles. The fourth-order valence-corrected chi connectivity index (χ4v) is 4.24. The van der Waals surface area contributed by atoms with E-state index in [1.807, 2.05) is 20.8 Å². The highest BCUT2D eigenvalue weighted by Gasteiger charge is 2.29. The number of ether oxygens (including phenoxy) is 2. The predicted molar refractivity (Wildman–Crippen MR) is 130 cm³/mol. The van der Waals surface area contributed by atoms with Crippen LogP contribution in [0.5, 0.6) is 5.75 Å². The smallest absolute Gasteiger partial charge is 0.410 e. The van der Waals surface area contributed by atoms with Crippen LogP contribution in [-0.2, 0) is 9.16 Å². The number of rotatable bonds is 8. The molecule has 1 heterocycles. The van der Waals surface area contributed by atoms with Gasteiger partial charge in [0.05, 0.1) is 11.5 Å². The van der Waals surface area contributed by atoms with E-state index in [4.69, 9.17) is 9.47 Å². The second-order valence-corrected chi connectivity index (χ2v) is 9.56. The fraction of sp³-hybridized carbons (Fsp3) is 0.682.